The van der Waals surface area contributed by atoms with Crippen LogP contribution in [0.5, 0.6) is 0 Å². The first-order chi connectivity index (χ1) is 16.5. The van der Waals surface area contributed by atoms with E-state index in [1.54, 1.807) is 0 Å². The van der Waals surface area contributed by atoms with E-state index in [0.29, 0.717) is 17.3 Å². The third kappa shape index (κ3) is 5.49. The minimum atomic E-state index is 0.446. The average molecular weight is 476 g/mol. The number of anilines is 2. The van der Waals surface area contributed by atoms with E-state index in [-0.39, 0.29) is 0 Å². The van der Waals surface area contributed by atoms with Gasteiger partial charge in [-0.3, -0.25) is 0 Å². The monoisotopic (exact) mass is 475 g/mol. The van der Waals surface area contributed by atoms with Crippen LogP contribution in [0, 0.1) is 12.8 Å². The molecule has 5 rings (SSSR count). The first-order valence-electron chi connectivity index (χ1n) is 12.7. The second-order valence-corrected chi connectivity index (χ2v) is 11.5. The zero-order chi connectivity index (χ0) is 23.5. The molecule has 34 heavy (non-hydrogen) atoms. The number of nitrogens with one attached hydrogen (secondary N) is 2. The highest BCUT2D eigenvalue weighted by Crippen LogP contribution is 2.43. The van der Waals surface area contributed by atoms with E-state index in [9.17, 15) is 0 Å². The number of aryl methyl sites for hydroxylation is 1. The van der Waals surface area contributed by atoms with Crippen LogP contribution in [0.2, 0.25) is 0 Å². The van der Waals surface area contributed by atoms with Gasteiger partial charge in [-0.25, -0.2) is 4.98 Å². The average Bonchev–Trinajstić information content (AvgIpc) is 3.32. The van der Waals surface area contributed by atoms with Crippen molar-refractivity contribution >= 4 is 34.4 Å². The third-order valence-corrected chi connectivity index (χ3v) is 8.82. The molecule has 0 radical (unpaired) electrons. The van der Waals surface area contributed by atoms with Gasteiger partial charge in [0.2, 0.25) is 5.95 Å². The Morgan fingerprint density at radius 2 is 1.68 bits per heavy atom. The van der Waals surface area contributed by atoms with Crippen molar-refractivity contribution in [2.45, 2.75) is 56.4 Å². The van der Waals surface area contributed by atoms with Gasteiger partial charge in [0.15, 0.2) is 0 Å². The Labute approximate surface area is 208 Å². The standard InChI is InChI=1S/C28H37N5S/c1-19-8-10-21(11-9-19)26-16-20(18-34-26)17-29-22-12-14-23(15-13-22)30-28-31-25-7-5-4-6-24(25)27(32-28)33(2)3/h4-11,20,22-23,26,29H,12-18H2,1-3H3,(H,30,31,32)/t20?,22-,23+,26?. The molecular formula is C28H37N5S. The molecule has 2 aromatic carbocycles. The predicted molar refractivity (Wildman–Crippen MR) is 146 cm³/mol. The topological polar surface area (TPSA) is 53.1 Å². The Bertz CT molecular complexity index is 1090. The van der Waals surface area contributed by atoms with Gasteiger partial charge in [-0.15, -0.1) is 0 Å². The van der Waals surface area contributed by atoms with Gasteiger partial charge in [0.25, 0.3) is 0 Å². The van der Waals surface area contributed by atoms with Crippen molar-refractivity contribution in [2.24, 2.45) is 5.92 Å². The molecule has 6 heteroatoms. The fourth-order valence-corrected chi connectivity index (χ4v) is 6.79. The molecule has 3 aromatic rings. The number of thioether (sulfide) groups is 1. The molecule has 0 spiro atoms. The summed E-state index contributed by atoms with van der Waals surface area (Å²) in [4.78, 5) is 11.7. The first-order valence-corrected chi connectivity index (χ1v) is 13.7. The number of hydrogen-bond acceptors (Lipinski definition) is 6. The molecule has 1 aromatic heterocycles. The molecule has 2 fully saturated rings. The van der Waals surface area contributed by atoms with Crippen LogP contribution in [0.4, 0.5) is 11.8 Å². The maximum atomic E-state index is 4.82. The maximum absolute atomic E-state index is 4.82. The SMILES string of the molecule is Cc1ccc(C2CC(CN[C@H]3CC[C@@H](Nc4nc(N(C)C)c5ccccc5n4)CC3)CS2)cc1. The summed E-state index contributed by atoms with van der Waals surface area (Å²) >= 11 is 2.13. The number of aromatic nitrogens is 2. The minimum Gasteiger partial charge on any atom is -0.362 e. The summed E-state index contributed by atoms with van der Waals surface area (Å²) < 4.78 is 0. The zero-order valence-corrected chi connectivity index (χ0v) is 21.4. The Hall–Kier alpha value is -2.31. The molecule has 180 valence electrons. The van der Waals surface area contributed by atoms with Crippen LogP contribution in [0.3, 0.4) is 0 Å². The van der Waals surface area contributed by atoms with Crippen LogP contribution >= 0.6 is 11.8 Å². The largest absolute Gasteiger partial charge is 0.362 e. The van der Waals surface area contributed by atoms with E-state index in [1.807, 2.05) is 26.2 Å². The lowest BCUT2D eigenvalue weighted by molar-refractivity contribution is 0.336. The fourth-order valence-electron chi connectivity index (χ4n) is 5.27. The number of fused-ring (bicyclic) bond motifs is 1. The van der Waals surface area contributed by atoms with Gasteiger partial charge in [0.05, 0.1) is 5.52 Å². The number of nitrogens with zero attached hydrogens (tertiary/aromatic N) is 3. The summed E-state index contributed by atoms with van der Waals surface area (Å²) in [6.45, 7) is 3.32. The normalized spacial score (nSPS) is 24.9. The number of para-hydroxylation sites is 1. The van der Waals surface area contributed by atoms with Crippen molar-refractivity contribution in [3.05, 3.63) is 59.7 Å². The Morgan fingerprint density at radius 1 is 0.941 bits per heavy atom. The molecular weight excluding hydrogens is 438 g/mol. The number of hydrogen-bond donors (Lipinski definition) is 2. The van der Waals surface area contributed by atoms with Crippen molar-refractivity contribution in [1.82, 2.24) is 15.3 Å². The van der Waals surface area contributed by atoms with Crippen LogP contribution in [0.25, 0.3) is 10.9 Å². The van der Waals surface area contributed by atoms with Crippen LogP contribution in [-0.2, 0) is 0 Å². The summed E-state index contributed by atoms with van der Waals surface area (Å²) in [5, 5.41) is 9.30. The maximum Gasteiger partial charge on any atom is 0.225 e. The molecule has 1 saturated carbocycles. The fraction of sp³-hybridized carbons (Fsp3) is 0.500. The number of benzene rings is 2. The quantitative estimate of drug-likeness (QED) is 0.450. The van der Waals surface area contributed by atoms with Crippen LogP contribution < -0.4 is 15.5 Å². The highest BCUT2D eigenvalue weighted by Gasteiger charge is 2.28. The lowest BCUT2D eigenvalue weighted by Crippen LogP contribution is -2.39. The van der Waals surface area contributed by atoms with Crippen molar-refractivity contribution in [3.8, 4) is 0 Å². The summed E-state index contributed by atoms with van der Waals surface area (Å²) in [6.07, 6.45) is 6.05. The van der Waals surface area contributed by atoms with E-state index in [2.05, 4.69) is 70.6 Å². The predicted octanol–water partition coefficient (Wildman–Crippen LogP) is 5.81. The molecule has 2 aliphatic rings. The summed E-state index contributed by atoms with van der Waals surface area (Å²) in [5.74, 6) is 3.78. The van der Waals surface area contributed by atoms with Crippen molar-refractivity contribution in [3.63, 3.8) is 0 Å². The Kier molecular flexibility index (Phi) is 7.26. The lowest BCUT2D eigenvalue weighted by Gasteiger charge is -2.30. The summed E-state index contributed by atoms with van der Waals surface area (Å²) in [6, 6.07) is 18.5. The molecule has 2 N–H and O–H groups in total. The number of rotatable bonds is 7. The van der Waals surface area contributed by atoms with Crippen molar-refractivity contribution in [2.75, 3.05) is 36.6 Å². The Morgan fingerprint density at radius 3 is 2.44 bits per heavy atom. The highest BCUT2D eigenvalue weighted by molar-refractivity contribution is 7.99. The van der Waals surface area contributed by atoms with Gasteiger partial charge in [0.1, 0.15) is 5.82 Å². The molecule has 1 saturated heterocycles. The van der Waals surface area contributed by atoms with Gasteiger partial charge in [0, 0.05) is 36.8 Å². The highest BCUT2D eigenvalue weighted by atomic mass is 32.2. The van der Waals surface area contributed by atoms with E-state index in [4.69, 9.17) is 9.97 Å². The molecule has 2 heterocycles. The van der Waals surface area contributed by atoms with E-state index < -0.39 is 0 Å². The van der Waals surface area contributed by atoms with E-state index in [1.165, 1.54) is 36.1 Å². The van der Waals surface area contributed by atoms with Crippen LogP contribution in [0.15, 0.2) is 48.5 Å². The van der Waals surface area contributed by atoms with Gasteiger partial charge < -0.3 is 15.5 Å². The molecule has 0 amide bonds. The van der Waals surface area contributed by atoms with Gasteiger partial charge in [-0.05, 0) is 74.9 Å². The minimum absolute atomic E-state index is 0.446. The van der Waals surface area contributed by atoms with E-state index >= 15 is 0 Å². The van der Waals surface area contributed by atoms with Crippen molar-refractivity contribution in [1.29, 1.82) is 0 Å². The van der Waals surface area contributed by atoms with Gasteiger partial charge in [-0.1, -0.05) is 42.0 Å². The third-order valence-electron chi connectivity index (χ3n) is 7.29. The van der Waals surface area contributed by atoms with Crippen LogP contribution in [-0.4, -0.2) is 48.4 Å². The zero-order valence-electron chi connectivity index (χ0n) is 20.6. The summed E-state index contributed by atoms with van der Waals surface area (Å²) in [5.41, 5.74) is 3.84. The molecule has 1 aliphatic carbocycles. The smallest absolute Gasteiger partial charge is 0.225 e. The second kappa shape index (κ2) is 10.5. The molecule has 2 unspecified atom stereocenters. The first kappa shape index (κ1) is 23.4. The Balaban J connectivity index is 1.10. The van der Waals surface area contributed by atoms with Gasteiger partial charge in [-0.2, -0.15) is 16.7 Å². The van der Waals surface area contributed by atoms with Crippen LogP contribution in [0.1, 0.15) is 48.5 Å². The molecule has 0 bridgehead atoms. The second-order valence-electron chi connectivity index (χ2n) is 10.2. The van der Waals surface area contributed by atoms with Gasteiger partial charge >= 0.3 is 0 Å². The lowest BCUT2D eigenvalue weighted by atomic mass is 9.90. The molecule has 5 nitrogen and oxygen atoms in total. The molecule has 1 aliphatic heterocycles. The van der Waals surface area contributed by atoms with Crippen molar-refractivity contribution < 1.29 is 0 Å². The van der Waals surface area contributed by atoms with E-state index in [0.717, 1.165) is 48.0 Å². The molecule has 2 atom stereocenters. The summed E-state index contributed by atoms with van der Waals surface area (Å²) in [7, 11) is 4.09.